The minimum Gasteiger partial charge on any atom is -0.381 e. The van der Waals surface area contributed by atoms with Crippen LogP contribution in [0.25, 0.3) is 0 Å². The van der Waals surface area contributed by atoms with E-state index in [0.717, 1.165) is 63.5 Å². The van der Waals surface area contributed by atoms with E-state index in [1.54, 1.807) is 0 Å². The lowest BCUT2D eigenvalue weighted by Gasteiger charge is -2.37. The monoisotopic (exact) mass is 373 g/mol. The maximum Gasteiger partial charge on any atom is 0.193 e. The van der Waals surface area contributed by atoms with E-state index < -0.39 is 0 Å². The van der Waals surface area contributed by atoms with E-state index in [1.165, 1.54) is 17.5 Å². The lowest BCUT2D eigenvalue weighted by Crippen LogP contribution is -2.48. The van der Waals surface area contributed by atoms with Crippen LogP contribution in [0, 0.1) is 11.8 Å². The number of rotatable bonds is 5. The molecule has 27 heavy (non-hydrogen) atoms. The molecular weight excluding hydrogens is 338 g/mol. The van der Waals surface area contributed by atoms with Crippen molar-refractivity contribution in [2.75, 3.05) is 33.4 Å². The molecule has 0 amide bonds. The maximum atomic E-state index is 6.06. The van der Waals surface area contributed by atoms with Crippen molar-refractivity contribution in [2.45, 2.75) is 52.4 Å². The smallest absolute Gasteiger partial charge is 0.193 e. The van der Waals surface area contributed by atoms with Gasteiger partial charge >= 0.3 is 0 Å². The van der Waals surface area contributed by atoms with E-state index in [1.807, 2.05) is 7.05 Å². The zero-order valence-electron chi connectivity index (χ0n) is 17.1. The van der Waals surface area contributed by atoms with Gasteiger partial charge in [0.15, 0.2) is 5.96 Å². The number of benzene rings is 1. The molecule has 5 heteroatoms. The van der Waals surface area contributed by atoms with Gasteiger partial charge < -0.3 is 19.7 Å². The lowest BCUT2D eigenvalue weighted by atomic mass is 9.92. The number of hydrogen-bond acceptors (Lipinski definition) is 3. The van der Waals surface area contributed by atoms with Crippen molar-refractivity contribution in [3.63, 3.8) is 0 Å². The predicted molar refractivity (Wildman–Crippen MR) is 110 cm³/mol. The van der Waals surface area contributed by atoms with Crippen LogP contribution in [-0.2, 0) is 22.6 Å². The molecule has 1 aromatic carbocycles. The summed E-state index contributed by atoms with van der Waals surface area (Å²) >= 11 is 0. The summed E-state index contributed by atoms with van der Waals surface area (Å²) in [5.74, 6) is 2.45. The molecule has 0 saturated carbocycles. The van der Waals surface area contributed by atoms with Crippen LogP contribution in [0.2, 0.25) is 0 Å². The summed E-state index contributed by atoms with van der Waals surface area (Å²) in [6.07, 6.45) is 3.65. The van der Waals surface area contributed by atoms with Gasteiger partial charge in [-0.15, -0.1) is 0 Å². The van der Waals surface area contributed by atoms with Gasteiger partial charge in [0.2, 0.25) is 0 Å². The quantitative estimate of drug-likeness (QED) is 0.634. The van der Waals surface area contributed by atoms with Crippen molar-refractivity contribution in [3.05, 3.63) is 35.4 Å². The summed E-state index contributed by atoms with van der Waals surface area (Å²) in [6.45, 7) is 9.94. The maximum absolute atomic E-state index is 6.06. The van der Waals surface area contributed by atoms with E-state index >= 15 is 0 Å². The highest BCUT2D eigenvalue weighted by atomic mass is 16.5. The second-order valence-electron chi connectivity index (χ2n) is 8.19. The number of nitrogens with one attached hydrogen (secondary N) is 1. The highest BCUT2D eigenvalue weighted by Gasteiger charge is 2.23. The first-order valence-corrected chi connectivity index (χ1v) is 10.4. The Morgan fingerprint density at radius 3 is 2.59 bits per heavy atom. The Morgan fingerprint density at radius 2 is 1.89 bits per heavy atom. The SMILES string of the molecule is CN=C(NCc1cccc(COC2CCOCC2)c1)N1CC(C)CC(C)C1. The molecule has 0 aromatic heterocycles. The first kappa shape index (κ1) is 20.2. The van der Waals surface area contributed by atoms with Crippen LogP contribution in [0.1, 0.15) is 44.2 Å². The fourth-order valence-electron chi connectivity index (χ4n) is 4.24. The number of ether oxygens (including phenoxy) is 2. The van der Waals surface area contributed by atoms with Crippen LogP contribution in [0.5, 0.6) is 0 Å². The standard InChI is InChI=1S/C22H35N3O2/c1-17-11-18(2)15-25(14-17)22(23-3)24-13-19-5-4-6-20(12-19)16-27-21-7-9-26-10-8-21/h4-6,12,17-18,21H,7-11,13-16H2,1-3H3,(H,23,24). The molecule has 5 nitrogen and oxygen atoms in total. The van der Waals surface area contributed by atoms with Crippen LogP contribution >= 0.6 is 0 Å². The van der Waals surface area contributed by atoms with E-state index in [-0.39, 0.29) is 0 Å². The number of hydrogen-bond donors (Lipinski definition) is 1. The minimum absolute atomic E-state index is 0.336. The summed E-state index contributed by atoms with van der Waals surface area (Å²) in [6, 6.07) is 8.67. The second-order valence-corrected chi connectivity index (χ2v) is 8.19. The Kier molecular flexibility index (Phi) is 7.53. The average molecular weight is 374 g/mol. The Hall–Kier alpha value is -1.59. The van der Waals surface area contributed by atoms with Crippen molar-refractivity contribution < 1.29 is 9.47 Å². The molecule has 2 aliphatic rings. The third-order valence-electron chi connectivity index (χ3n) is 5.48. The van der Waals surface area contributed by atoms with Crippen LogP contribution < -0.4 is 5.32 Å². The summed E-state index contributed by atoms with van der Waals surface area (Å²) < 4.78 is 11.5. The fraction of sp³-hybridized carbons (Fsp3) is 0.682. The first-order chi connectivity index (χ1) is 13.1. The van der Waals surface area contributed by atoms with Crippen molar-refractivity contribution in [1.82, 2.24) is 10.2 Å². The molecule has 2 unspecified atom stereocenters. The van der Waals surface area contributed by atoms with E-state index in [2.05, 4.69) is 53.3 Å². The number of likely N-dealkylation sites (tertiary alicyclic amines) is 1. The molecule has 0 aliphatic carbocycles. The summed E-state index contributed by atoms with van der Waals surface area (Å²) in [5.41, 5.74) is 2.50. The Morgan fingerprint density at radius 1 is 1.19 bits per heavy atom. The molecule has 3 rings (SSSR count). The molecule has 150 valence electrons. The van der Waals surface area contributed by atoms with Gasteiger partial charge in [0.1, 0.15) is 0 Å². The third-order valence-corrected chi connectivity index (χ3v) is 5.48. The molecule has 2 atom stereocenters. The van der Waals surface area contributed by atoms with Crippen molar-refractivity contribution in [1.29, 1.82) is 0 Å². The fourth-order valence-corrected chi connectivity index (χ4v) is 4.24. The van der Waals surface area contributed by atoms with Crippen molar-refractivity contribution in [3.8, 4) is 0 Å². The Bertz CT molecular complexity index is 603. The van der Waals surface area contributed by atoms with Gasteiger partial charge in [0.05, 0.1) is 12.7 Å². The molecule has 2 heterocycles. The molecule has 0 radical (unpaired) electrons. The second kappa shape index (κ2) is 10.1. The lowest BCUT2D eigenvalue weighted by molar-refractivity contribution is -0.0390. The molecule has 1 N–H and O–H groups in total. The minimum atomic E-state index is 0.336. The van der Waals surface area contributed by atoms with Gasteiger partial charge in [0, 0.05) is 39.9 Å². The molecular formula is C22H35N3O2. The molecule has 1 aromatic rings. The van der Waals surface area contributed by atoms with Gasteiger partial charge in [-0.05, 0) is 42.2 Å². The number of aliphatic imine (C=N–C) groups is 1. The van der Waals surface area contributed by atoms with Crippen LogP contribution in [-0.4, -0.2) is 50.3 Å². The van der Waals surface area contributed by atoms with Crippen molar-refractivity contribution >= 4 is 5.96 Å². The summed E-state index contributed by atoms with van der Waals surface area (Å²) in [7, 11) is 1.88. The highest BCUT2D eigenvalue weighted by molar-refractivity contribution is 5.80. The number of piperidine rings is 1. The van der Waals surface area contributed by atoms with Gasteiger partial charge in [-0.2, -0.15) is 0 Å². The normalized spacial score (nSPS) is 24.9. The molecule has 0 spiro atoms. The third kappa shape index (κ3) is 6.22. The first-order valence-electron chi connectivity index (χ1n) is 10.4. The van der Waals surface area contributed by atoms with Crippen LogP contribution in [0.4, 0.5) is 0 Å². The van der Waals surface area contributed by atoms with Gasteiger partial charge in [-0.1, -0.05) is 38.1 Å². The zero-order chi connectivity index (χ0) is 19.1. The largest absolute Gasteiger partial charge is 0.381 e. The average Bonchev–Trinajstić information content (AvgIpc) is 2.67. The number of guanidine groups is 1. The molecule has 2 saturated heterocycles. The topological polar surface area (TPSA) is 46.1 Å². The molecule has 2 aliphatic heterocycles. The van der Waals surface area contributed by atoms with Gasteiger partial charge in [-0.25, -0.2) is 0 Å². The number of nitrogens with zero attached hydrogens (tertiary/aromatic N) is 2. The highest BCUT2D eigenvalue weighted by Crippen LogP contribution is 2.21. The summed E-state index contributed by atoms with van der Waals surface area (Å²) in [4.78, 5) is 6.91. The molecule has 0 bridgehead atoms. The van der Waals surface area contributed by atoms with Gasteiger partial charge in [0.25, 0.3) is 0 Å². The van der Waals surface area contributed by atoms with E-state index in [4.69, 9.17) is 9.47 Å². The van der Waals surface area contributed by atoms with Crippen LogP contribution in [0.3, 0.4) is 0 Å². The van der Waals surface area contributed by atoms with Crippen molar-refractivity contribution in [2.24, 2.45) is 16.8 Å². The van der Waals surface area contributed by atoms with E-state index in [9.17, 15) is 0 Å². The Labute approximate surface area is 164 Å². The van der Waals surface area contributed by atoms with Gasteiger partial charge in [-0.3, -0.25) is 4.99 Å². The molecule has 2 fully saturated rings. The van der Waals surface area contributed by atoms with Crippen LogP contribution in [0.15, 0.2) is 29.3 Å². The predicted octanol–water partition coefficient (Wildman–Crippen LogP) is 3.44. The summed E-state index contributed by atoms with van der Waals surface area (Å²) in [5, 5.41) is 3.55. The van der Waals surface area contributed by atoms with E-state index in [0.29, 0.717) is 12.7 Å². The zero-order valence-corrected chi connectivity index (χ0v) is 17.1. The Balaban J connectivity index is 1.51.